The van der Waals surface area contributed by atoms with E-state index in [2.05, 4.69) is 332 Å². The summed E-state index contributed by atoms with van der Waals surface area (Å²) in [6, 6.07) is 135. The Morgan fingerprint density at radius 2 is 0.624 bits per heavy atom. The lowest BCUT2D eigenvalue weighted by Crippen LogP contribution is -2.37. The fourth-order valence-corrected chi connectivity index (χ4v) is 24.1. The van der Waals surface area contributed by atoms with E-state index < -0.39 is 48.2 Å². The minimum Gasteiger partial charge on any atom is -0.453 e. The maximum atomic E-state index is 16.0. The van der Waals surface area contributed by atoms with Gasteiger partial charge in [0, 0.05) is 55.1 Å². The zero-order valence-electron chi connectivity index (χ0n) is 71.9. The lowest BCUT2D eigenvalue weighted by atomic mass is 9.64. The van der Waals surface area contributed by atoms with Gasteiger partial charge in [-0.2, -0.15) is 26.3 Å². The molecular formula is C119H75F7N4O2Si. The summed E-state index contributed by atoms with van der Waals surface area (Å²) >= 11 is 0. The van der Waals surface area contributed by atoms with Gasteiger partial charge < -0.3 is 28.4 Å². The number of benzene rings is 20. The van der Waals surface area contributed by atoms with Crippen LogP contribution in [0.25, 0.3) is 120 Å². The fourth-order valence-electron chi connectivity index (χ4n) is 23.0. The van der Waals surface area contributed by atoms with Crippen LogP contribution in [-0.2, 0) is 23.2 Å². The zero-order chi connectivity index (χ0) is 89.5. The molecule has 2 aliphatic heterocycles. The van der Waals surface area contributed by atoms with Crippen LogP contribution in [0.3, 0.4) is 0 Å². The minimum atomic E-state index is -4.75. The molecule has 14 heteroatoms. The SMILES string of the molecule is C[Si](C)(C)c1ccc(N(c2cc3c(c4ccccc24)-c2c(ccc4ccccc24)C32c3ccccc3N(c3ccc(-c4ccc5c6c(cc(N(c7ccc(F)cc7)c7cccc8c7oc7c(C(F)(F)F)cccc78)c5c4)C4(c5ccccc5N(c5ccccc5)c5ccccc54)c4ccc5ccccc5c4-6)cc3)c3ccccc32)c2cccc3c2oc2c(C(F)(F)F)cccc23)cc1. The summed E-state index contributed by atoms with van der Waals surface area (Å²) in [6.07, 6.45) is -9.45. The molecule has 0 saturated heterocycles. The summed E-state index contributed by atoms with van der Waals surface area (Å²) in [6.45, 7) is 6.96. The van der Waals surface area contributed by atoms with Crippen molar-refractivity contribution in [3.8, 4) is 33.4 Å². The van der Waals surface area contributed by atoms with Gasteiger partial charge in [-0.25, -0.2) is 4.39 Å². The lowest BCUT2D eigenvalue weighted by Gasteiger charge is -2.45. The highest BCUT2D eigenvalue weighted by molar-refractivity contribution is 6.88. The van der Waals surface area contributed by atoms with Gasteiger partial charge in [-0.1, -0.05) is 298 Å². The van der Waals surface area contributed by atoms with Crippen LogP contribution in [0.15, 0.2) is 409 Å². The Morgan fingerprint density at radius 1 is 0.263 bits per heavy atom. The smallest absolute Gasteiger partial charge is 0.420 e. The Hall–Kier alpha value is -16.0. The molecule has 2 spiro atoms. The normalized spacial score (nSPS) is 13.9. The van der Waals surface area contributed by atoms with Crippen molar-refractivity contribution in [2.75, 3.05) is 19.6 Å². The first-order valence-corrected chi connectivity index (χ1v) is 48.2. The molecule has 4 aliphatic rings. The van der Waals surface area contributed by atoms with Crippen molar-refractivity contribution in [1.82, 2.24) is 0 Å². The number of para-hydroxylation sites is 9. The molecule has 0 unspecified atom stereocenters. The maximum Gasteiger partial charge on any atom is 0.420 e. The van der Waals surface area contributed by atoms with Crippen LogP contribution < -0.4 is 24.8 Å². The molecule has 636 valence electrons. The quantitative estimate of drug-likeness (QED) is 0.100. The summed E-state index contributed by atoms with van der Waals surface area (Å²) < 4.78 is 121. The minimum absolute atomic E-state index is 0.212. The van der Waals surface area contributed by atoms with Crippen LogP contribution in [0.2, 0.25) is 19.6 Å². The topological polar surface area (TPSA) is 39.2 Å². The van der Waals surface area contributed by atoms with Crippen molar-refractivity contribution in [3.05, 3.63) is 462 Å². The second-order valence-corrected chi connectivity index (χ2v) is 41.4. The van der Waals surface area contributed by atoms with E-state index in [4.69, 9.17) is 8.83 Å². The largest absolute Gasteiger partial charge is 0.453 e. The van der Waals surface area contributed by atoms with Crippen molar-refractivity contribution >= 4 is 168 Å². The number of anilines is 12. The third-order valence-corrected chi connectivity index (χ3v) is 30.5. The molecule has 0 amide bonds. The van der Waals surface area contributed by atoms with E-state index in [0.717, 1.165) is 179 Å². The molecule has 4 heterocycles. The Morgan fingerprint density at radius 3 is 1.08 bits per heavy atom. The standard InChI is InChI=1S/C119H75F7N4O2Si/c1-133(2,3)79-62-60-78(61-63-79)129(104-47-23-35-87-85-33-21-41-96(118(121,122)123)112(85)131-114(87)104)106-68-98-110(83-32-12-11-31-82(83)106)108-80-29-9-7-25-71(80)52-65-94(108)116(98)92-39-15-19-45-102(92)128(103-46-20-16-40-93(103)116)76-56-49-70(50-57-76)73-51-64-84-89(67-73)107(130(77-58-54-74(120)55-59-77)105-48-24-36-88-86-34-22-42-97(119(124,125)126)113(86)132-115(88)105)69-99-111(84)109-81-30-10-8-26-72(81)53-66-95(109)117(99)90-37-13-17-43-100(90)127(75-27-5-4-6-28-75)101-44-18-14-38-91(101)117/h4-69H,1-3H3. The molecule has 26 rings (SSSR count). The van der Waals surface area contributed by atoms with Gasteiger partial charge in [0.15, 0.2) is 11.2 Å². The van der Waals surface area contributed by atoms with Crippen LogP contribution >= 0.6 is 0 Å². The Balaban J connectivity index is 0.696. The number of halogens is 7. The van der Waals surface area contributed by atoms with Crippen molar-refractivity contribution in [1.29, 1.82) is 0 Å². The van der Waals surface area contributed by atoms with Gasteiger partial charge in [0.2, 0.25) is 0 Å². The molecule has 2 aliphatic carbocycles. The van der Waals surface area contributed by atoms with Crippen molar-refractivity contribution < 1.29 is 39.6 Å². The van der Waals surface area contributed by atoms with Crippen molar-refractivity contribution in [2.45, 2.75) is 42.8 Å². The molecule has 133 heavy (non-hydrogen) atoms. The van der Waals surface area contributed by atoms with E-state index in [1.165, 1.54) is 29.5 Å². The Labute approximate surface area is 760 Å². The molecule has 0 saturated carbocycles. The van der Waals surface area contributed by atoms with E-state index in [9.17, 15) is 0 Å². The number of rotatable bonds is 10. The first kappa shape index (κ1) is 78.0. The molecule has 0 radical (unpaired) electrons. The summed E-state index contributed by atoms with van der Waals surface area (Å²) in [5, 5.41) is 10.9. The second-order valence-electron chi connectivity index (χ2n) is 36.3. The molecule has 0 N–H and O–H groups in total. The van der Waals surface area contributed by atoms with Crippen LogP contribution in [0, 0.1) is 5.82 Å². The van der Waals surface area contributed by atoms with Crippen LogP contribution in [0.5, 0.6) is 0 Å². The predicted molar refractivity (Wildman–Crippen MR) is 530 cm³/mol. The Kier molecular flexibility index (Phi) is 16.7. The first-order chi connectivity index (χ1) is 64.8. The fraction of sp³-hybridized carbons (Fsp3) is 0.0588. The monoisotopic (exact) mass is 1750 g/mol. The Bertz CT molecular complexity index is 8620. The van der Waals surface area contributed by atoms with Crippen LogP contribution in [-0.4, -0.2) is 8.07 Å². The van der Waals surface area contributed by atoms with Gasteiger partial charge >= 0.3 is 12.4 Å². The number of alkyl halides is 6. The van der Waals surface area contributed by atoms with Gasteiger partial charge in [0.25, 0.3) is 0 Å². The van der Waals surface area contributed by atoms with Gasteiger partial charge in [-0.3, -0.25) is 0 Å². The lowest BCUT2D eigenvalue weighted by molar-refractivity contribution is -0.137. The molecular weight excluding hydrogens is 1680 g/mol. The van der Waals surface area contributed by atoms with Crippen LogP contribution in [0.4, 0.5) is 99.0 Å². The van der Waals surface area contributed by atoms with E-state index in [1.54, 1.807) is 30.3 Å². The number of hydrogen-bond acceptors (Lipinski definition) is 6. The maximum absolute atomic E-state index is 16.0. The molecule has 6 nitrogen and oxygen atoms in total. The van der Waals surface area contributed by atoms with Crippen molar-refractivity contribution in [3.63, 3.8) is 0 Å². The third kappa shape index (κ3) is 11.1. The number of hydrogen-bond donors (Lipinski definition) is 0. The number of fused-ring (bicyclic) bond motifs is 32. The number of furan rings is 2. The van der Waals surface area contributed by atoms with Gasteiger partial charge in [-0.05, 0) is 238 Å². The molecule has 0 atom stereocenters. The van der Waals surface area contributed by atoms with Crippen LogP contribution in [0.1, 0.15) is 55.6 Å². The third-order valence-electron chi connectivity index (χ3n) is 28.4. The highest BCUT2D eigenvalue weighted by Crippen LogP contribution is 2.70. The second kappa shape index (κ2) is 28.5. The molecule has 20 aromatic carbocycles. The molecule has 22 aromatic rings. The molecule has 2 aromatic heterocycles. The van der Waals surface area contributed by atoms with E-state index in [-0.39, 0.29) is 16.7 Å². The average molecular weight is 1750 g/mol. The zero-order valence-corrected chi connectivity index (χ0v) is 72.9. The molecule has 0 fully saturated rings. The highest BCUT2D eigenvalue weighted by atomic mass is 28.3. The van der Waals surface area contributed by atoms with Gasteiger partial charge in [0.1, 0.15) is 17.0 Å². The first-order valence-electron chi connectivity index (χ1n) is 44.7. The van der Waals surface area contributed by atoms with Crippen molar-refractivity contribution in [2.24, 2.45) is 0 Å². The average Bonchev–Trinajstić information content (AvgIpc) is 1.51. The summed E-state index contributed by atoms with van der Waals surface area (Å²) in [7, 11) is -1.88. The predicted octanol–water partition coefficient (Wildman–Crippen LogP) is 33.7. The van der Waals surface area contributed by atoms with E-state index >= 15 is 30.7 Å². The van der Waals surface area contributed by atoms with E-state index in [1.807, 2.05) is 41.3 Å². The highest BCUT2D eigenvalue weighted by Gasteiger charge is 2.56. The summed E-state index contributed by atoms with van der Waals surface area (Å²) in [5.74, 6) is -0.470. The number of nitrogens with zero attached hydrogens (tertiary/aromatic N) is 4. The van der Waals surface area contributed by atoms with E-state index in [0.29, 0.717) is 49.9 Å². The molecule has 0 bridgehead atoms. The van der Waals surface area contributed by atoms with Gasteiger partial charge in [-0.15, -0.1) is 0 Å². The van der Waals surface area contributed by atoms with Gasteiger partial charge in [0.05, 0.1) is 75.5 Å². The summed E-state index contributed by atoms with van der Waals surface area (Å²) in [4.78, 5) is 8.98. The summed E-state index contributed by atoms with van der Waals surface area (Å²) in [5.41, 5.74) is 20.1.